The molecule has 0 bridgehead atoms. The molecule has 1 atom stereocenters. The van der Waals surface area contributed by atoms with Gasteiger partial charge in [-0.15, -0.1) is 0 Å². The van der Waals surface area contributed by atoms with E-state index in [0.29, 0.717) is 5.92 Å². The van der Waals surface area contributed by atoms with E-state index in [-0.39, 0.29) is 5.41 Å². The van der Waals surface area contributed by atoms with Crippen LogP contribution in [0.2, 0.25) is 0 Å². The average Bonchev–Trinajstić information content (AvgIpc) is 2.93. The van der Waals surface area contributed by atoms with Crippen molar-refractivity contribution in [1.82, 2.24) is 5.32 Å². The van der Waals surface area contributed by atoms with Crippen molar-refractivity contribution in [3.63, 3.8) is 0 Å². The molecule has 3 nitrogen and oxygen atoms in total. The monoisotopic (exact) mass is 227 g/mol. The summed E-state index contributed by atoms with van der Waals surface area (Å²) in [4.78, 5) is 0. The van der Waals surface area contributed by atoms with Gasteiger partial charge in [0.1, 0.15) is 0 Å². The maximum Gasteiger partial charge on any atom is 0.0529 e. The predicted molar refractivity (Wildman–Crippen MR) is 64.6 cm³/mol. The normalized spacial score (nSPS) is 26.2. The van der Waals surface area contributed by atoms with E-state index in [1.54, 1.807) is 0 Å². The molecule has 1 aliphatic heterocycles. The van der Waals surface area contributed by atoms with Crippen LogP contribution in [0.3, 0.4) is 0 Å². The molecule has 1 aliphatic carbocycles. The van der Waals surface area contributed by atoms with Crippen LogP contribution in [-0.4, -0.2) is 39.0 Å². The van der Waals surface area contributed by atoms with Gasteiger partial charge in [0.05, 0.1) is 19.8 Å². The topological polar surface area (TPSA) is 30.5 Å². The minimum Gasteiger partial charge on any atom is -0.381 e. The van der Waals surface area contributed by atoms with Gasteiger partial charge in [-0.05, 0) is 19.3 Å². The van der Waals surface area contributed by atoms with Crippen molar-refractivity contribution in [1.29, 1.82) is 0 Å². The summed E-state index contributed by atoms with van der Waals surface area (Å²) in [6.45, 7) is 9.14. The van der Waals surface area contributed by atoms with Gasteiger partial charge in [0.15, 0.2) is 0 Å². The molecule has 0 radical (unpaired) electrons. The first kappa shape index (κ1) is 12.3. The molecular formula is C13H25NO2. The highest BCUT2D eigenvalue weighted by atomic mass is 16.5. The number of hydrogen-bond acceptors (Lipinski definition) is 3. The van der Waals surface area contributed by atoms with E-state index < -0.39 is 0 Å². The van der Waals surface area contributed by atoms with E-state index in [1.807, 2.05) is 0 Å². The summed E-state index contributed by atoms with van der Waals surface area (Å²) in [5.74, 6) is 0.632. The summed E-state index contributed by atoms with van der Waals surface area (Å²) in [7, 11) is 0. The highest BCUT2D eigenvalue weighted by Gasteiger charge is 2.26. The third-order valence-corrected chi connectivity index (χ3v) is 3.32. The first-order valence-electron chi connectivity index (χ1n) is 6.55. The number of hydrogen-bond donors (Lipinski definition) is 1. The smallest absolute Gasteiger partial charge is 0.0529 e. The van der Waals surface area contributed by atoms with E-state index in [9.17, 15) is 0 Å². The molecule has 0 spiro atoms. The molecule has 2 fully saturated rings. The maximum atomic E-state index is 5.82. The fourth-order valence-electron chi connectivity index (χ4n) is 1.98. The summed E-state index contributed by atoms with van der Waals surface area (Å²) >= 11 is 0. The van der Waals surface area contributed by atoms with Gasteiger partial charge in [-0.2, -0.15) is 0 Å². The number of nitrogens with one attached hydrogen (secondary N) is 1. The second-order valence-corrected chi connectivity index (χ2v) is 6.06. The molecule has 3 heteroatoms. The van der Waals surface area contributed by atoms with Crippen molar-refractivity contribution in [2.75, 3.05) is 33.0 Å². The van der Waals surface area contributed by atoms with Gasteiger partial charge in [-0.25, -0.2) is 0 Å². The number of ether oxygens (including phenoxy) is 2. The minimum atomic E-state index is 0.252. The first-order chi connectivity index (χ1) is 7.66. The van der Waals surface area contributed by atoms with Crippen molar-refractivity contribution in [2.24, 2.45) is 11.3 Å². The lowest BCUT2D eigenvalue weighted by atomic mass is 9.95. The number of rotatable bonds is 7. The SMILES string of the molecule is CC(C)(CNC1CC1)COCC1CCOC1. The Kier molecular flexibility index (Phi) is 4.22. The lowest BCUT2D eigenvalue weighted by Gasteiger charge is -2.25. The van der Waals surface area contributed by atoms with Crippen LogP contribution in [0.5, 0.6) is 0 Å². The van der Waals surface area contributed by atoms with Crippen molar-refractivity contribution in [2.45, 2.75) is 39.2 Å². The van der Waals surface area contributed by atoms with Gasteiger partial charge >= 0.3 is 0 Å². The molecule has 0 amide bonds. The van der Waals surface area contributed by atoms with Crippen molar-refractivity contribution in [3.05, 3.63) is 0 Å². The third kappa shape index (κ3) is 4.40. The molecule has 0 aromatic carbocycles. The van der Waals surface area contributed by atoms with Crippen molar-refractivity contribution < 1.29 is 9.47 Å². The minimum absolute atomic E-state index is 0.252. The molecule has 1 saturated heterocycles. The summed E-state index contributed by atoms with van der Waals surface area (Å²) in [6, 6.07) is 0.794. The Morgan fingerprint density at radius 2 is 2.12 bits per heavy atom. The summed E-state index contributed by atoms with van der Waals surface area (Å²) in [5, 5.41) is 3.57. The van der Waals surface area contributed by atoms with Crippen LogP contribution in [0.15, 0.2) is 0 Å². The molecule has 1 saturated carbocycles. The van der Waals surface area contributed by atoms with E-state index in [4.69, 9.17) is 9.47 Å². The van der Waals surface area contributed by atoms with Gasteiger partial charge in [0.25, 0.3) is 0 Å². The standard InChI is InChI=1S/C13H25NO2/c1-13(2,9-14-12-3-4-12)10-16-8-11-5-6-15-7-11/h11-12,14H,3-10H2,1-2H3. The van der Waals surface area contributed by atoms with Gasteiger partial charge in [-0.1, -0.05) is 13.8 Å². The van der Waals surface area contributed by atoms with Crippen LogP contribution < -0.4 is 5.32 Å². The molecule has 1 heterocycles. The molecule has 16 heavy (non-hydrogen) atoms. The van der Waals surface area contributed by atoms with Crippen LogP contribution in [0.1, 0.15) is 33.1 Å². The lowest BCUT2D eigenvalue weighted by Crippen LogP contribution is -2.34. The van der Waals surface area contributed by atoms with Gasteiger partial charge < -0.3 is 14.8 Å². The fraction of sp³-hybridized carbons (Fsp3) is 1.00. The molecule has 2 aliphatic rings. The summed E-state index contributed by atoms with van der Waals surface area (Å²) < 4.78 is 11.1. The van der Waals surface area contributed by atoms with Crippen LogP contribution in [0.25, 0.3) is 0 Å². The van der Waals surface area contributed by atoms with E-state index in [0.717, 1.165) is 39.0 Å². The maximum absolute atomic E-state index is 5.82. The molecule has 0 aromatic rings. The Labute approximate surface area is 98.9 Å². The zero-order chi connectivity index (χ0) is 11.4. The van der Waals surface area contributed by atoms with Crippen molar-refractivity contribution >= 4 is 0 Å². The highest BCUT2D eigenvalue weighted by Crippen LogP contribution is 2.22. The molecular weight excluding hydrogens is 202 g/mol. The highest BCUT2D eigenvalue weighted by molar-refractivity contribution is 4.84. The quantitative estimate of drug-likeness (QED) is 0.719. The average molecular weight is 227 g/mol. The first-order valence-corrected chi connectivity index (χ1v) is 6.55. The van der Waals surface area contributed by atoms with E-state index >= 15 is 0 Å². The molecule has 1 unspecified atom stereocenters. The Morgan fingerprint density at radius 3 is 2.75 bits per heavy atom. The predicted octanol–water partition coefficient (Wildman–Crippen LogP) is 1.82. The zero-order valence-electron chi connectivity index (χ0n) is 10.6. The van der Waals surface area contributed by atoms with Gasteiger partial charge in [0.2, 0.25) is 0 Å². The Balaban J connectivity index is 1.55. The fourth-order valence-corrected chi connectivity index (χ4v) is 1.98. The molecule has 94 valence electrons. The molecule has 0 aromatic heterocycles. The van der Waals surface area contributed by atoms with E-state index in [2.05, 4.69) is 19.2 Å². The largest absolute Gasteiger partial charge is 0.381 e. The van der Waals surface area contributed by atoms with Crippen LogP contribution in [-0.2, 0) is 9.47 Å². The third-order valence-electron chi connectivity index (χ3n) is 3.32. The molecule has 1 N–H and O–H groups in total. The zero-order valence-corrected chi connectivity index (χ0v) is 10.6. The van der Waals surface area contributed by atoms with Crippen LogP contribution in [0.4, 0.5) is 0 Å². The van der Waals surface area contributed by atoms with Crippen molar-refractivity contribution in [3.8, 4) is 0 Å². The second kappa shape index (κ2) is 5.48. The van der Waals surface area contributed by atoms with Gasteiger partial charge in [-0.3, -0.25) is 0 Å². The van der Waals surface area contributed by atoms with Crippen LogP contribution in [0, 0.1) is 11.3 Å². The lowest BCUT2D eigenvalue weighted by molar-refractivity contribution is 0.0370. The summed E-state index contributed by atoms with van der Waals surface area (Å²) in [6.07, 6.45) is 3.88. The Bertz CT molecular complexity index is 208. The second-order valence-electron chi connectivity index (χ2n) is 6.06. The van der Waals surface area contributed by atoms with Gasteiger partial charge in [0, 0.05) is 30.5 Å². The molecule has 2 rings (SSSR count). The Hall–Kier alpha value is -0.120. The van der Waals surface area contributed by atoms with Crippen LogP contribution >= 0.6 is 0 Å². The van der Waals surface area contributed by atoms with E-state index in [1.165, 1.54) is 19.3 Å². The summed E-state index contributed by atoms with van der Waals surface area (Å²) in [5.41, 5.74) is 0.252. The Morgan fingerprint density at radius 1 is 1.31 bits per heavy atom.